The molecule has 0 radical (unpaired) electrons. The highest BCUT2D eigenvalue weighted by Gasteiger charge is 2.09. The average Bonchev–Trinajstić information content (AvgIpc) is 3.36. The van der Waals surface area contributed by atoms with E-state index in [1.54, 1.807) is 46.0 Å². The highest BCUT2D eigenvalue weighted by molar-refractivity contribution is 6.03. The maximum absolute atomic E-state index is 13.0. The molecule has 1 amide bonds. The Bertz CT molecular complexity index is 1070. The van der Waals surface area contributed by atoms with E-state index in [4.69, 9.17) is 0 Å². The fraction of sp³-hybridized carbons (Fsp3) is 0.0952. The quantitative estimate of drug-likeness (QED) is 0.560. The van der Waals surface area contributed by atoms with Gasteiger partial charge >= 0.3 is 0 Å². The van der Waals surface area contributed by atoms with Gasteiger partial charge in [-0.1, -0.05) is 24.3 Å². The zero-order valence-corrected chi connectivity index (χ0v) is 15.0. The summed E-state index contributed by atoms with van der Waals surface area (Å²) in [6.45, 7) is 1.09. The Balaban J connectivity index is 1.41. The number of nitrogens with one attached hydrogen (secondary N) is 1. The lowest BCUT2D eigenvalue weighted by Gasteiger charge is -2.06. The van der Waals surface area contributed by atoms with Gasteiger partial charge in [0.05, 0.1) is 13.1 Å². The van der Waals surface area contributed by atoms with Crippen LogP contribution in [0.2, 0.25) is 0 Å². The van der Waals surface area contributed by atoms with Crippen molar-refractivity contribution in [3.05, 3.63) is 102 Å². The van der Waals surface area contributed by atoms with Crippen LogP contribution in [0.5, 0.6) is 0 Å². The number of nitrogens with zero attached hydrogens (tertiary/aromatic N) is 4. The number of carbonyl (C=O) groups excluding carboxylic acids is 1. The lowest BCUT2D eigenvalue weighted by Crippen LogP contribution is -2.13. The Kier molecular flexibility index (Phi) is 4.97. The fourth-order valence-electron chi connectivity index (χ4n) is 2.87. The summed E-state index contributed by atoms with van der Waals surface area (Å²) in [6, 6.07) is 17.2. The van der Waals surface area contributed by atoms with Crippen molar-refractivity contribution in [1.82, 2.24) is 19.6 Å². The van der Waals surface area contributed by atoms with E-state index in [0.29, 0.717) is 24.5 Å². The number of amides is 1. The number of rotatable bonds is 6. The van der Waals surface area contributed by atoms with E-state index in [2.05, 4.69) is 15.5 Å². The molecule has 0 spiro atoms. The Morgan fingerprint density at radius 1 is 0.929 bits per heavy atom. The van der Waals surface area contributed by atoms with Crippen molar-refractivity contribution in [2.24, 2.45) is 0 Å². The van der Waals surface area contributed by atoms with E-state index in [1.807, 2.05) is 30.5 Å². The molecule has 4 aromatic rings. The summed E-state index contributed by atoms with van der Waals surface area (Å²) in [6.07, 6.45) is 5.37. The van der Waals surface area contributed by atoms with Crippen molar-refractivity contribution in [2.75, 3.05) is 5.32 Å². The first-order valence-corrected chi connectivity index (χ1v) is 8.81. The van der Waals surface area contributed by atoms with Crippen LogP contribution < -0.4 is 5.32 Å². The summed E-state index contributed by atoms with van der Waals surface area (Å²) in [4.78, 5) is 12.5. The van der Waals surface area contributed by atoms with Crippen LogP contribution in [0.3, 0.4) is 0 Å². The van der Waals surface area contributed by atoms with Crippen molar-refractivity contribution in [3.8, 4) is 0 Å². The molecular formula is C21H18FN5O. The zero-order valence-electron chi connectivity index (χ0n) is 15.0. The average molecular weight is 375 g/mol. The molecule has 0 atom stereocenters. The van der Waals surface area contributed by atoms with Crippen LogP contribution in [0.25, 0.3) is 0 Å². The monoisotopic (exact) mass is 375 g/mol. The smallest absolute Gasteiger partial charge is 0.256 e. The van der Waals surface area contributed by atoms with E-state index >= 15 is 0 Å². The minimum Gasteiger partial charge on any atom is -0.305 e. The van der Waals surface area contributed by atoms with E-state index < -0.39 is 0 Å². The Morgan fingerprint density at radius 2 is 1.75 bits per heavy atom. The van der Waals surface area contributed by atoms with Gasteiger partial charge in [-0.3, -0.25) is 14.2 Å². The molecule has 7 heteroatoms. The van der Waals surface area contributed by atoms with Gasteiger partial charge in [0.2, 0.25) is 0 Å². The predicted molar refractivity (Wildman–Crippen MR) is 103 cm³/mol. The molecule has 0 aliphatic carbocycles. The third-order valence-electron chi connectivity index (χ3n) is 4.23. The Hall–Kier alpha value is -3.74. The van der Waals surface area contributed by atoms with Gasteiger partial charge in [0.15, 0.2) is 5.82 Å². The van der Waals surface area contributed by atoms with Crippen LogP contribution in [0, 0.1) is 5.82 Å². The largest absolute Gasteiger partial charge is 0.305 e. The third kappa shape index (κ3) is 4.32. The molecule has 2 aromatic carbocycles. The molecule has 6 nitrogen and oxygen atoms in total. The molecule has 0 unspecified atom stereocenters. The first kappa shape index (κ1) is 17.7. The summed E-state index contributed by atoms with van der Waals surface area (Å²) in [7, 11) is 0. The number of hydrogen-bond donors (Lipinski definition) is 1. The topological polar surface area (TPSA) is 64.7 Å². The van der Waals surface area contributed by atoms with Crippen molar-refractivity contribution in [1.29, 1.82) is 0 Å². The molecule has 4 rings (SSSR count). The molecule has 0 saturated heterocycles. The van der Waals surface area contributed by atoms with Gasteiger partial charge in [0.1, 0.15) is 5.82 Å². The van der Waals surface area contributed by atoms with E-state index in [9.17, 15) is 9.18 Å². The summed E-state index contributed by atoms with van der Waals surface area (Å²) in [5, 5.41) is 11.3. The van der Waals surface area contributed by atoms with E-state index in [1.165, 1.54) is 12.1 Å². The predicted octanol–water partition coefficient (Wildman–Crippen LogP) is 3.57. The second-order valence-corrected chi connectivity index (χ2v) is 6.38. The van der Waals surface area contributed by atoms with Gasteiger partial charge in [0.25, 0.3) is 5.91 Å². The molecular weight excluding hydrogens is 357 g/mol. The lowest BCUT2D eigenvalue weighted by molar-refractivity contribution is 0.102. The minimum atomic E-state index is -0.271. The molecule has 0 fully saturated rings. The number of benzene rings is 2. The van der Waals surface area contributed by atoms with Crippen LogP contribution in [0.15, 0.2) is 79.3 Å². The summed E-state index contributed by atoms with van der Waals surface area (Å²) in [5.41, 5.74) is 2.46. The van der Waals surface area contributed by atoms with Crippen molar-refractivity contribution in [3.63, 3.8) is 0 Å². The molecule has 2 aromatic heterocycles. The van der Waals surface area contributed by atoms with E-state index in [-0.39, 0.29) is 11.7 Å². The van der Waals surface area contributed by atoms with Crippen molar-refractivity contribution >= 4 is 11.7 Å². The summed E-state index contributed by atoms with van der Waals surface area (Å²) < 4.78 is 16.5. The number of hydrogen-bond acceptors (Lipinski definition) is 3. The lowest BCUT2D eigenvalue weighted by atomic mass is 10.1. The molecule has 2 heterocycles. The summed E-state index contributed by atoms with van der Waals surface area (Å²) in [5.74, 6) is -0.0362. The molecule has 140 valence electrons. The molecule has 0 saturated carbocycles. The Labute approximate surface area is 161 Å². The van der Waals surface area contributed by atoms with Gasteiger partial charge in [0, 0.05) is 30.2 Å². The maximum Gasteiger partial charge on any atom is 0.256 e. The SMILES string of the molecule is O=C(Nc1ccn(Cc2ccc(F)cc2)n1)c1cccc(Cn2cccn2)c1. The van der Waals surface area contributed by atoms with Gasteiger partial charge in [-0.15, -0.1) is 0 Å². The zero-order chi connectivity index (χ0) is 19.3. The first-order valence-electron chi connectivity index (χ1n) is 8.81. The highest BCUT2D eigenvalue weighted by atomic mass is 19.1. The van der Waals surface area contributed by atoms with Gasteiger partial charge in [-0.25, -0.2) is 4.39 Å². The second-order valence-electron chi connectivity index (χ2n) is 6.38. The van der Waals surface area contributed by atoms with Crippen LogP contribution in [-0.4, -0.2) is 25.5 Å². The first-order chi connectivity index (χ1) is 13.7. The van der Waals surface area contributed by atoms with Crippen molar-refractivity contribution < 1.29 is 9.18 Å². The van der Waals surface area contributed by atoms with E-state index in [0.717, 1.165) is 11.1 Å². The molecule has 28 heavy (non-hydrogen) atoms. The standard InChI is InChI=1S/C21H18FN5O/c22-19-7-5-16(6-8-19)14-27-12-9-20(25-27)24-21(28)18-4-1-3-17(13-18)15-26-11-2-10-23-26/h1-13H,14-15H2,(H,24,25,28). The Morgan fingerprint density at radius 3 is 2.54 bits per heavy atom. The van der Waals surface area contributed by atoms with Crippen LogP contribution >= 0.6 is 0 Å². The van der Waals surface area contributed by atoms with Crippen LogP contribution in [-0.2, 0) is 13.1 Å². The minimum absolute atomic E-state index is 0.227. The molecule has 1 N–H and O–H groups in total. The van der Waals surface area contributed by atoms with Gasteiger partial charge in [-0.2, -0.15) is 10.2 Å². The summed E-state index contributed by atoms with van der Waals surface area (Å²) >= 11 is 0. The second kappa shape index (κ2) is 7.87. The van der Waals surface area contributed by atoms with Crippen LogP contribution in [0.1, 0.15) is 21.5 Å². The maximum atomic E-state index is 13.0. The van der Waals surface area contributed by atoms with Crippen LogP contribution in [0.4, 0.5) is 10.2 Å². The van der Waals surface area contributed by atoms with Gasteiger partial charge in [-0.05, 0) is 41.5 Å². The number of aromatic nitrogens is 4. The van der Waals surface area contributed by atoms with Crippen molar-refractivity contribution in [2.45, 2.75) is 13.1 Å². The number of halogens is 1. The molecule has 0 bridgehead atoms. The third-order valence-corrected chi connectivity index (χ3v) is 4.23. The molecule has 0 aliphatic rings. The van der Waals surface area contributed by atoms with Gasteiger partial charge < -0.3 is 5.32 Å². The number of anilines is 1. The fourth-order valence-corrected chi connectivity index (χ4v) is 2.87. The number of carbonyl (C=O) groups is 1. The highest BCUT2D eigenvalue weighted by Crippen LogP contribution is 2.11. The normalized spacial score (nSPS) is 10.8. The molecule has 0 aliphatic heterocycles.